The summed E-state index contributed by atoms with van der Waals surface area (Å²) in [6.45, 7) is 3.38. The molecule has 2 amide bonds. The number of hydrogen-bond acceptors (Lipinski definition) is 4. The number of nitrogens with zero attached hydrogens (tertiary/aromatic N) is 3. The van der Waals surface area contributed by atoms with Crippen molar-refractivity contribution in [3.63, 3.8) is 0 Å². The molecule has 0 atom stereocenters. The molecule has 1 saturated heterocycles. The third kappa shape index (κ3) is 3.95. The lowest BCUT2D eigenvalue weighted by molar-refractivity contribution is -0.0717. The van der Waals surface area contributed by atoms with E-state index in [1.807, 2.05) is 13.0 Å². The molecule has 1 aromatic heterocycles. The Morgan fingerprint density at radius 3 is 2.81 bits per heavy atom. The minimum absolute atomic E-state index is 0.249. The Balaban J connectivity index is 1.94. The summed E-state index contributed by atoms with van der Waals surface area (Å²) in [5, 5.41) is 17.5. The first-order valence-corrected chi connectivity index (χ1v) is 7.29. The molecule has 118 valence electrons. The lowest BCUT2D eigenvalue weighted by atomic mass is 9.94. The Morgan fingerprint density at radius 1 is 1.57 bits per heavy atom. The summed E-state index contributed by atoms with van der Waals surface area (Å²) >= 11 is 0. The van der Waals surface area contributed by atoms with Crippen LogP contribution < -0.4 is 5.32 Å². The standard InChI is InChI=1S/C14H24N4O3/c1-4-11-9-12(18(3)16-11)15-13(19)17(2)10-14(20)5-7-21-8-6-14/h9,20H,4-8,10H2,1-3H3,(H,15,19). The van der Waals surface area contributed by atoms with Gasteiger partial charge in [0.05, 0.1) is 17.8 Å². The first kappa shape index (κ1) is 15.8. The number of aryl methyl sites for hydroxylation is 2. The normalized spacial score (nSPS) is 17.5. The molecule has 0 unspecified atom stereocenters. The number of nitrogens with one attached hydrogen (secondary N) is 1. The van der Waals surface area contributed by atoms with Crippen molar-refractivity contribution in [3.8, 4) is 0 Å². The molecule has 1 aliphatic rings. The molecule has 0 bridgehead atoms. The van der Waals surface area contributed by atoms with Crippen molar-refractivity contribution in [1.29, 1.82) is 0 Å². The fourth-order valence-corrected chi connectivity index (χ4v) is 2.44. The minimum Gasteiger partial charge on any atom is -0.388 e. The highest BCUT2D eigenvalue weighted by atomic mass is 16.5. The van der Waals surface area contributed by atoms with Gasteiger partial charge in [-0.3, -0.25) is 10.00 Å². The van der Waals surface area contributed by atoms with E-state index < -0.39 is 5.60 Å². The van der Waals surface area contributed by atoms with E-state index in [0.717, 1.165) is 12.1 Å². The number of rotatable bonds is 4. The Morgan fingerprint density at radius 2 is 2.24 bits per heavy atom. The highest BCUT2D eigenvalue weighted by Crippen LogP contribution is 2.21. The molecule has 2 rings (SSSR count). The molecule has 1 fully saturated rings. The molecular weight excluding hydrogens is 272 g/mol. The number of anilines is 1. The van der Waals surface area contributed by atoms with Crippen molar-refractivity contribution >= 4 is 11.8 Å². The second-order valence-corrected chi connectivity index (χ2v) is 5.62. The summed E-state index contributed by atoms with van der Waals surface area (Å²) in [4.78, 5) is 13.7. The quantitative estimate of drug-likeness (QED) is 0.868. The minimum atomic E-state index is -0.856. The molecule has 0 saturated carbocycles. The van der Waals surface area contributed by atoms with Gasteiger partial charge in [0.25, 0.3) is 0 Å². The molecule has 0 spiro atoms. The topological polar surface area (TPSA) is 79.6 Å². The maximum atomic E-state index is 12.2. The predicted octanol–water partition coefficient (Wildman–Crippen LogP) is 0.988. The second-order valence-electron chi connectivity index (χ2n) is 5.62. The summed E-state index contributed by atoms with van der Waals surface area (Å²) in [5.74, 6) is 0.655. The summed E-state index contributed by atoms with van der Waals surface area (Å²) in [5.41, 5.74) is 0.0734. The van der Waals surface area contributed by atoms with E-state index in [1.54, 1.807) is 18.8 Å². The third-order valence-corrected chi connectivity index (χ3v) is 3.83. The lowest BCUT2D eigenvalue weighted by Gasteiger charge is -2.35. The van der Waals surface area contributed by atoms with Crippen molar-refractivity contribution < 1.29 is 14.6 Å². The van der Waals surface area contributed by atoms with Gasteiger partial charge in [-0.05, 0) is 6.42 Å². The maximum absolute atomic E-state index is 12.2. The van der Waals surface area contributed by atoms with Crippen molar-refractivity contribution in [2.24, 2.45) is 7.05 Å². The van der Waals surface area contributed by atoms with Crippen molar-refractivity contribution in [3.05, 3.63) is 11.8 Å². The summed E-state index contributed by atoms with van der Waals surface area (Å²) in [6, 6.07) is 1.61. The van der Waals surface area contributed by atoms with E-state index in [9.17, 15) is 9.90 Å². The molecule has 0 aliphatic carbocycles. The highest BCUT2D eigenvalue weighted by Gasteiger charge is 2.32. The van der Waals surface area contributed by atoms with Gasteiger partial charge < -0.3 is 14.7 Å². The Hall–Kier alpha value is -1.60. The molecule has 1 aromatic rings. The van der Waals surface area contributed by atoms with E-state index >= 15 is 0 Å². The van der Waals surface area contributed by atoms with Crippen molar-refractivity contribution in [2.75, 3.05) is 32.1 Å². The number of carbonyl (C=O) groups excluding carboxylic acids is 1. The van der Waals surface area contributed by atoms with Crippen LogP contribution in [-0.2, 0) is 18.2 Å². The zero-order chi connectivity index (χ0) is 15.5. The maximum Gasteiger partial charge on any atom is 0.322 e. The molecule has 1 aliphatic heterocycles. The summed E-state index contributed by atoms with van der Waals surface area (Å²) in [6.07, 6.45) is 1.92. The SMILES string of the molecule is CCc1cc(NC(=O)N(C)CC2(O)CCOCC2)n(C)n1. The van der Waals surface area contributed by atoms with Crippen LogP contribution in [0.15, 0.2) is 6.07 Å². The fourth-order valence-electron chi connectivity index (χ4n) is 2.44. The van der Waals surface area contributed by atoms with E-state index in [4.69, 9.17) is 4.74 Å². The van der Waals surface area contributed by atoms with Crippen LogP contribution in [0.2, 0.25) is 0 Å². The zero-order valence-electron chi connectivity index (χ0n) is 12.9. The van der Waals surface area contributed by atoms with Crippen LogP contribution in [0, 0.1) is 0 Å². The molecule has 7 nitrogen and oxygen atoms in total. The first-order valence-electron chi connectivity index (χ1n) is 7.29. The van der Waals surface area contributed by atoms with Gasteiger partial charge in [0.15, 0.2) is 0 Å². The lowest BCUT2D eigenvalue weighted by Crippen LogP contribution is -2.48. The Labute approximate surface area is 124 Å². The Kier molecular flexibility index (Phi) is 4.84. The van der Waals surface area contributed by atoms with Crippen LogP contribution in [-0.4, -0.2) is 58.2 Å². The second kappa shape index (κ2) is 6.44. The van der Waals surface area contributed by atoms with Gasteiger partial charge in [-0.1, -0.05) is 6.92 Å². The van der Waals surface area contributed by atoms with Crippen LogP contribution in [0.5, 0.6) is 0 Å². The molecule has 7 heteroatoms. The summed E-state index contributed by atoms with van der Waals surface area (Å²) in [7, 11) is 3.47. The Bertz CT molecular complexity index is 494. The monoisotopic (exact) mass is 296 g/mol. The van der Waals surface area contributed by atoms with E-state index in [0.29, 0.717) is 38.4 Å². The van der Waals surface area contributed by atoms with Crippen LogP contribution in [0.4, 0.5) is 10.6 Å². The van der Waals surface area contributed by atoms with Gasteiger partial charge in [0.1, 0.15) is 5.82 Å². The first-order chi connectivity index (χ1) is 9.93. The number of amides is 2. The molecule has 2 N–H and O–H groups in total. The smallest absolute Gasteiger partial charge is 0.322 e. The van der Waals surface area contributed by atoms with Crippen LogP contribution in [0.3, 0.4) is 0 Å². The zero-order valence-corrected chi connectivity index (χ0v) is 12.9. The third-order valence-electron chi connectivity index (χ3n) is 3.83. The number of ether oxygens (including phenoxy) is 1. The van der Waals surface area contributed by atoms with Gasteiger partial charge in [-0.15, -0.1) is 0 Å². The highest BCUT2D eigenvalue weighted by molar-refractivity contribution is 5.88. The van der Waals surface area contributed by atoms with Gasteiger partial charge in [-0.2, -0.15) is 5.10 Å². The predicted molar refractivity (Wildman–Crippen MR) is 79.2 cm³/mol. The van der Waals surface area contributed by atoms with E-state index in [2.05, 4.69) is 10.4 Å². The van der Waals surface area contributed by atoms with Gasteiger partial charge >= 0.3 is 6.03 Å². The van der Waals surface area contributed by atoms with Crippen molar-refractivity contribution in [1.82, 2.24) is 14.7 Å². The van der Waals surface area contributed by atoms with Crippen LogP contribution in [0.1, 0.15) is 25.5 Å². The largest absolute Gasteiger partial charge is 0.388 e. The number of aromatic nitrogens is 2. The number of aliphatic hydroxyl groups is 1. The van der Waals surface area contributed by atoms with E-state index in [1.165, 1.54) is 4.90 Å². The average Bonchev–Trinajstić information content (AvgIpc) is 2.79. The molecule has 2 heterocycles. The van der Waals surface area contributed by atoms with Crippen molar-refractivity contribution in [2.45, 2.75) is 31.8 Å². The number of hydrogen-bond donors (Lipinski definition) is 2. The van der Waals surface area contributed by atoms with Crippen LogP contribution >= 0.6 is 0 Å². The van der Waals surface area contributed by atoms with Gasteiger partial charge in [0.2, 0.25) is 0 Å². The number of likely N-dealkylation sites (N-methyl/N-ethyl adjacent to an activating group) is 1. The van der Waals surface area contributed by atoms with Gasteiger partial charge in [-0.25, -0.2) is 4.79 Å². The van der Waals surface area contributed by atoms with Gasteiger partial charge in [0, 0.05) is 46.2 Å². The fraction of sp³-hybridized carbons (Fsp3) is 0.714. The molecule has 0 radical (unpaired) electrons. The molecule has 0 aromatic carbocycles. The number of carbonyl (C=O) groups is 1. The van der Waals surface area contributed by atoms with E-state index in [-0.39, 0.29) is 6.03 Å². The van der Waals surface area contributed by atoms with Crippen LogP contribution in [0.25, 0.3) is 0 Å². The molecular formula is C14H24N4O3. The average molecular weight is 296 g/mol. The number of urea groups is 1. The molecule has 21 heavy (non-hydrogen) atoms. The summed E-state index contributed by atoms with van der Waals surface area (Å²) < 4.78 is 6.89.